The summed E-state index contributed by atoms with van der Waals surface area (Å²) in [6.45, 7) is 0.475. The van der Waals surface area contributed by atoms with Crippen LogP contribution in [0.25, 0.3) is 10.3 Å². The fourth-order valence-electron chi connectivity index (χ4n) is 2.85. The Morgan fingerprint density at radius 1 is 1.15 bits per heavy atom. The molecule has 0 aliphatic carbocycles. The van der Waals surface area contributed by atoms with E-state index in [0.717, 1.165) is 27.2 Å². The van der Waals surface area contributed by atoms with Gasteiger partial charge in [0.25, 0.3) is 0 Å². The number of benzene rings is 2. The summed E-state index contributed by atoms with van der Waals surface area (Å²) in [5, 5.41) is 0. The number of Topliss-reactive ketones (excluding diaryl/α,β-unsaturated/α-hetero) is 1. The Hall–Kier alpha value is -2.57. The van der Waals surface area contributed by atoms with Crippen molar-refractivity contribution in [2.24, 2.45) is 0 Å². The lowest BCUT2D eigenvalue weighted by molar-refractivity contribution is 0.0989. The first kappa shape index (κ1) is 17.8. The van der Waals surface area contributed by atoms with Gasteiger partial charge in [-0.3, -0.25) is 4.79 Å². The number of carbonyl (C=O) groups is 1. The molecule has 1 N–H and O–H groups in total. The molecular weight excluding hydrogens is 376 g/mol. The van der Waals surface area contributed by atoms with Crippen LogP contribution in [0.15, 0.2) is 65.0 Å². The second-order valence-electron chi connectivity index (χ2n) is 6.13. The summed E-state index contributed by atoms with van der Waals surface area (Å²) >= 11 is 3.23. The number of aromatic amines is 1. The van der Waals surface area contributed by atoms with Gasteiger partial charge in [-0.15, -0.1) is 23.1 Å². The molecule has 136 valence electrons. The fraction of sp³-hybridized carbons (Fsp3) is 0.143. The van der Waals surface area contributed by atoms with Crippen molar-refractivity contribution >= 4 is 39.2 Å². The number of thioether (sulfide) groups is 1. The third-order valence-electron chi connectivity index (χ3n) is 4.24. The van der Waals surface area contributed by atoms with Crippen molar-refractivity contribution < 1.29 is 9.53 Å². The summed E-state index contributed by atoms with van der Waals surface area (Å²) in [4.78, 5) is 21.0. The molecular formula is C21H18N2O2S2. The Labute approximate surface area is 165 Å². The largest absolute Gasteiger partial charge is 0.489 e. The SMILES string of the molecule is CSc1ccc(OCc2cccc(CC(=O)c3cc4scnc4[nH]3)c2)cc1. The highest BCUT2D eigenvalue weighted by molar-refractivity contribution is 7.98. The highest BCUT2D eigenvalue weighted by atomic mass is 32.2. The van der Waals surface area contributed by atoms with Crippen molar-refractivity contribution in [3.63, 3.8) is 0 Å². The number of carbonyl (C=O) groups excluding carboxylic acids is 1. The van der Waals surface area contributed by atoms with Gasteiger partial charge in [0.2, 0.25) is 0 Å². The molecule has 4 aromatic rings. The highest BCUT2D eigenvalue weighted by Gasteiger charge is 2.12. The maximum atomic E-state index is 12.5. The first-order valence-corrected chi connectivity index (χ1v) is 10.6. The minimum atomic E-state index is 0.0610. The highest BCUT2D eigenvalue weighted by Crippen LogP contribution is 2.21. The maximum Gasteiger partial charge on any atom is 0.183 e. The molecule has 6 heteroatoms. The number of H-pyrrole nitrogens is 1. The summed E-state index contributed by atoms with van der Waals surface area (Å²) in [6, 6.07) is 17.9. The lowest BCUT2D eigenvalue weighted by atomic mass is 10.0. The number of ketones is 1. The molecule has 2 aromatic carbocycles. The zero-order valence-electron chi connectivity index (χ0n) is 14.8. The van der Waals surface area contributed by atoms with Crippen LogP contribution in [0.3, 0.4) is 0 Å². The Morgan fingerprint density at radius 2 is 1.96 bits per heavy atom. The average molecular weight is 395 g/mol. The van der Waals surface area contributed by atoms with Gasteiger partial charge < -0.3 is 9.72 Å². The summed E-state index contributed by atoms with van der Waals surface area (Å²) in [6.07, 6.45) is 2.40. The van der Waals surface area contributed by atoms with E-state index in [1.165, 1.54) is 16.2 Å². The van der Waals surface area contributed by atoms with Gasteiger partial charge in [-0.2, -0.15) is 0 Å². The standard InChI is InChI=1S/C21H18N2O2S2/c1-26-17-7-5-16(6-8-17)25-12-15-4-2-3-14(9-15)10-19(24)18-11-20-21(23-18)22-13-27-20/h2-9,11,13,23H,10,12H2,1H3. The molecule has 0 bridgehead atoms. The molecule has 0 amide bonds. The Balaban J connectivity index is 1.40. The number of thiazole rings is 1. The molecule has 0 aliphatic rings. The molecule has 0 radical (unpaired) electrons. The molecule has 4 nitrogen and oxygen atoms in total. The number of hydrogen-bond donors (Lipinski definition) is 1. The summed E-state index contributed by atoms with van der Waals surface area (Å²) in [5.41, 5.74) is 5.18. The molecule has 0 aliphatic heterocycles. The summed E-state index contributed by atoms with van der Waals surface area (Å²) in [7, 11) is 0. The van der Waals surface area contributed by atoms with Gasteiger partial charge in [-0.1, -0.05) is 24.3 Å². The number of fused-ring (bicyclic) bond motifs is 1. The summed E-state index contributed by atoms with van der Waals surface area (Å²) in [5.74, 6) is 0.902. The monoisotopic (exact) mass is 394 g/mol. The quantitative estimate of drug-likeness (QED) is 0.339. The summed E-state index contributed by atoms with van der Waals surface area (Å²) < 4.78 is 6.87. The topological polar surface area (TPSA) is 55.0 Å². The zero-order chi connectivity index (χ0) is 18.6. The van der Waals surface area contributed by atoms with Crippen molar-refractivity contribution in [3.8, 4) is 5.75 Å². The zero-order valence-corrected chi connectivity index (χ0v) is 16.4. The minimum absolute atomic E-state index is 0.0610. The Morgan fingerprint density at radius 3 is 2.74 bits per heavy atom. The van der Waals surface area contributed by atoms with E-state index >= 15 is 0 Å². The van der Waals surface area contributed by atoms with Crippen LogP contribution in [0.5, 0.6) is 5.75 Å². The van der Waals surface area contributed by atoms with E-state index in [4.69, 9.17) is 4.74 Å². The average Bonchev–Trinajstić information content (AvgIpc) is 3.29. The Bertz CT molecular complexity index is 1040. The van der Waals surface area contributed by atoms with E-state index in [2.05, 4.69) is 16.2 Å². The second-order valence-corrected chi connectivity index (χ2v) is 7.90. The normalized spacial score (nSPS) is 11.0. The van der Waals surface area contributed by atoms with Crippen LogP contribution in [-0.4, -0.2) is 22.0 Å². The van der Waals surface area contributed by atoms with Crippen LogP contribution in [0, 0.1) is 0 Å². The molecule has 2 aromatic heterocycles. The van der Waals surface area contributed by atoms with Crippen LogP contribution >= 0.6 is 23.1 Å². The molecule has 0 atom stereocenters. The first-order chi connectivity index (χ1) is 13.2. The van der Waals surface area contributed by atoms with Gasteiger partial charge in [0.1, 0.15) is 18.0 Å². The van der Waals surface area contributed by atoms with Gasteiger partial charge in [-0.05, 0) is 47.7 Å². The van der Waals surface area contributed by atoms with Gasteiger partial charge in [0.15, 0.2) is 5.78 Å². The van der Waals surface area contributed by atoms with E-state index in [9.17, 15) is 4.79 Å². The van der Waals surface area contributed by atoms with Crippen LogP contribution < -0.4 is 4.74 Å². The molecule has 27 heavy (non-hydrogen) atoms. The molecule has 2 heterocycles. The van der Waals surface area contributed by atoms with Gasteiger partial charge in [-0.25, -0.2) is 4.98 Å². The Kier molecular flexibility index (Phi) is 5.27. The molecule has 0 fully saturated rings. The first-order valence-electron chi connectivity index (χ1n) is 8.51. The fourth-order valence-corrected chi connectivity index (χ4v) is 3.93. The van der Waals surface area contributed by atoms with Gasteiger partial charge in [0, 0.05) is 11.3 Å². The molecule has 0 saturated heterocycles. The van der Waals surface area contributed by atoms with Gasteiger partial charge in [0.05, 0.1) is 15.9 Å². The van der Waals surface area contributed by atoms with Crippen LogP contribution in [0.1, 0.15) is 21.6 Å². The van der Waals surface area contributed by atoms with E-state index in [1.807, 2.05) is 54.6 Å². The molecule has 4 rings (SSSR count). The lowest BCUT2D eigenvalue weighted by Gasteiger charge is -2.08. The van der Waals surface area contributed by atoms with Crippen molar-refractivity contribution in [3.05, 3.63) is 76.9 Å². The lowest BCUT2D eigenvalue weighted by Crippen LogP contribution is -2.05. The second kappa shape index (κ2) is 7.98. The van der Waals surface area contributed by atoms with Gasteiger partial charge >= 0.3 is 0 Å². The third kappa shape index (κ3) is 4.23. The number of aromatic nitrogens is 2. The predicted octanol–water partition coefficient (Wildman–Crippen LogP) is 5.35. The van der Waals surface area contributed by atoms with Crippen molar-refractivity contribution in [1.82, 2.24) is 9.97 Å². The van der Waals surface area contributed by atoms with E-state index in [1.54, 1.807) is 17.3 Å². The third-order valence-corrected chi connectivity index (χ3v) is 5.76. The number of hydrogen-bond acceptors (Lipinski definition) is 5. The van der Waals surface area contributed by atoms with Crippen molar-refractivity contribution in [1.29, 1.82) is 0 Å². The van der Waals surface area contributed by atoms with Crippen LogP contribution in [0.2, 0.25) is 0 Å². The number of nitrogens with zero attached hydrogens (tertiary/aromatic N) is 1. The van der Waals surface area contributed by atoms with Crippen molar-refractivity contribution in [2.45, 2.75) is 17.9 Å². The van der Waals surface area contributed by atoms with E-state index < -0.39 is 0 Å². The van der Waals surface area contributed by atoms with E-state index in [-0.39, 0.29) is 5.78 Å². The molecule has 0 unspecified atom stereocenters. The van der Waals surface area contributed by atoms with Crippen molar-refractivity contribution in [2.75, 3.05) is 6.26 Å². The molecule has 0 spiro atoms. The van der Waals surface area contributed by atoms with Crippen LogP contribution in [0.4, 0.5) is 0 Å². The molecule has 0 saturated carbocycles. The smallest absolute Gasteiger partial charge is 0.183 e. The number of rotatable bonds is 7. The number of nitrogens with one attached hydrogen (secondary N) is 1. The van der Waals surface area contributed by atoms with E-state index in [0.29, 0.717) is 18.7 Å². The minimum Gasteiger partial charge on any atom is -0.489 e. The number of ether oxygens (including phenoxy) is 1. The predicted molar refractivity (Wildman–Crippen MR) is 111 cm³/mol. The maximum absolute atomic E-state index is 12.5. The van der Waals surface area contributed by atoms with Crippen LogP contribution in [-0.2, 0) is 13.0 Å².